The Morgan fingerprint density at radius 1 is 1.04 bits per heavy atom. The summed E-state index contributed by atoms with van der Waals surface area (Å²) in [5.74, 6) is -0.154. The molecule has 0 unspecified atom stereocenters. The van der Waals surface area contributed by atoms with Gasteiger partial charge in [-0.15, -0.1) is 0 Å². The van der Waals surface area contributed by atoms with E-state index in [2.05, 4.69) is 12.2 Å². The smallest absolute Gasteiger partial charge is 0.258 e. The zero-order valence-corrected chi connectivity index (χ0v) is 15.8. The van der Waals surface area contributed by atoms with Crippen molar-refractivity contribution in [3.05, 3.63) is 77.9 Å². The van der Waals surface area contributed by atoms with E-state index in [0.29, 0.717) is 17.8 Å². The highest BCUT2D eigenvalue weighted by Gasteiger charge is 2.29. The van der Waals surface area contributed by atoms with Gasteiger partial charge in [-0.25, -0.2) is 0 Å². The summed E-state index contributed by atoms with van der Waals surface area (Å²) in [5, 5.41) is 4.77. The quantitative estimate of drug-likeness (QED) is 0.602. The summed E-state index contributed by atoms with van der Waals surface area (Å²) in [6, 6.07) is 19.2. The maximum absolute atomic E-state index is 12.8. The number of amides is 2. The van der Waals surface area contributed by atoms with E-state index in [0.717, 1.165) is 34.9 Å². The fraction of sp³-hybridized carbons (Fsp3) is 0.167. The van der Waals surface area contributed by atoms with Crippen LogP contribution in [0.25, 0.3) is 16.8 Å². The zero-order chi connectivity index (χ0) is 19.5. The molecule has 0 saturated carbocycles. The molecule has 1 aliphatic heterocycles. The predicted molar refractivity (Wildman–Crippen MR) is 115 cm³/mol. The van der Waals surface area contributed by atoms with Crippen LogP contribution in [-0.4, -0.2) is 18.4 Å². The van der Waals surface area contributed by atoms with Gasteiger partial charge in [-0.1, -0.05) is 55.8 Å². The van der Waals surface area contributed by atoms with Crippen LogP contribution in [0.1, 0.15) is 35.7 Å². The summed E-state index contributed by atoms with van der Waals surface area (Å²) in [7, 11) is 0. The first-order valence-electron chi connectivity index (χ1n) is 9.60. The number of hydrogen-bond donors (Lipinski definition) is 1. The molecule has 1 heterocycles. The maximum atomic E-state index is 12.8. The van der Waals surface area contributed by atoms with Gasteiger partial charge in [0.2, 0.25) is 5.91 Å². The first-order chi connectivity index (χ1) is 13.7. The Bertz CT molecular complexity index is 1070. The third-order valence-corrected chi connectivity index (χ3v) is 5.00. The van der Waals surface area contributed by atoms with E-state index in [9.17, 15) is 9.59 Å². The number of unbranched alkanes of at least 4 members (excludes halogenated alkanes) is 1. The second kappa shape index (κ2) is 7.69. The molecule has 28 heavy (non-hydrogen) atoms. The summed E-state index contributed by atoms with van der Waals surface area (Å²) in [5.41, 5.74) is 3.32. The molecule has 3 aromatic carbocycles. The number of carbonyl (C=O) groups excluding carboxylic acids is 2. The van der Waals surface area contributed by atoms with E-state index in [1.807, 2.05) is 65.6 Å². The van der Waals surface area contributed by atoms with Crippen molar-refractivity contribution < 1.29 is 9.59 Å². The van der Waals surface area contributed by atoms with Crippen molar-refractivity contribution in [2.45, 2.75) is 19.8 Å². The van der Waals surface area contributed by atoms with Gasteiger partial charge in [0, 0.05) is 34.6 Å². The van der Waals surface area contributed by atoms with Crippen LogP contribution < -0.4 is 10.2 Å². The van der Waals surface area contributed by atoms with Crippen molar-refractivity contribution in [3.63, 3.8) is 0 Å². The van der Waals surface area contributed by atoms with Crippen LogP contribution in [0.4, 0.5) is 11.4 Å². The minimum atomic E-state index is -0.197. The Kier molecular flexibility index (Phi) is 4.94. The zero-order valence-electron chi connectivity index (χ0n) is 15.8. The lowest BCUT2D eigenvalue weighted by Gasteiger charge is -2.17. The highest BCUT2D eigenvalue weighted by atomic mass is 16.2. The Morgan fingerprint density at radius 3 is 2.64 bits per heavy atom. The maximum Gasteiger partial charge on any atom is 0.258 e. The molecule has 3 aromatic rings. The van der Waals surface area contributed by atoms with E-state index in [-0.39, 0.29) is 11.8 Å². The molecule has 0 radical (unpaired) electrons. The monoisotopic (exact) mass is 370 g/mol. The second-order valence-electron chi connectivity index (χ2n) is 6.90. The molecule has 4 heteroatoms. The van der Waals surface area contributed by atoms with E-state index in [1.54, 1.807) is 6.08 Å². The molecular formula is C24H22N2O2. The van der Waals surface area contributed by atoms with Gasteiger partial charge in [0.15, 0.2) is 0 Å². The van der Waals surface area contributed by atoms with Crippen LogP contribution in [0.5, 0.6) is 0 Å². The summed E-state index contributed by atoms with van der Waals surface area (Å²) >= 11 is 0. The van der Waals surface area contributed by atoms with Crippen LogP contribution in [0.3, 0.4) is 0 Å². The Hall–Kier alpha value is -3.40. The number of nitrogens with zero attached hydrogens (tertiary/aromatic N) is 1. The minimum Gasteiger partial charge on any atom is -0.322 e. The molecule has 0 fully saturated rings. The van der Waals surface area contributed by atoms with Gasteiger partial charge < -0.3 is 10.2 Å². The van der Waals surface area contributed by atoms with Crippen LogP contribution in [0.2, 0.25) is 0 Å². The third-order valence-electron chi connectivity index (χ3n) is 5.00. The van der Waals surface area contributed by atoms with Gasteiger partial charge in [0.25, 0.3) is 5.91 Å². The van der Waals surface area contributed by atoms with Crippen molar-refractivity contribution in [2.75, 3.05) is 16.8 Å². The van der Waals surface area contributed by atoms with Crippen molar-refractivity contribution in [1.29, 1.82) is 0 Å². The van der Waals surface area contributed by atoms with Crippen LogP contribution in [0, 0.1) is 0 Å². The molecule has 1 aliphatic rings. The molecular weight excluding hydrogens is 348 g/mol. The van der Waals surface area contributed by atoms with Crippen LogP contribution >= 0.6 is 0 Å². The number of anilines is 2. The van der Waals surface area contributed by atoms with Crippen molar-refractivity contribution in [3.8, 4) is 0 Å². The van der Waals surface area contributed by atoms with Crippen LogP contribution in [0.15, 0.2) is 66.7 Å². The Labute approximate surface area is 164 Å². The van der Waals surface area contributed by atoms with Gasteiger partial charge in [0.05, 0.1) is 5.69 Å². The lowest BCUT2D eigenvalue weighted by atomic mass is 10.0. The third kappa shape index (κ3) is 3.29. The SMILES string of the molecule is CCCCN1C(=O)c2cccc3c(NC(=O)/C=C/c4ccccc4)ccc1c23. The topological polar surface area (TPSA) is 49.4 Å². The van der Waals surface area contributed by atoms with Crippen molar-refractivity contribution in [2.24, 2.45) is 0 Å². The summed E-state index contributed by atoms with van der Waals surface area (Å²) in [6.45, 7) is 2.83. The fourth-order valence-corrected chi connectivity index (χ4v) is 3.60. The van der Waals surface area contributed by atoms with Gasteiger partial charge in [0.1, 0.15) is 0 Å². The number of hydrogen-bond acceptors (Lipinski definition) is 2. The summed E-state index contributed by atoms with van der Waals surface area (Å²) in [6.07, 6.45) is 5.30. The highest BCUT2D eigenvalue weighted by molar-refractivity contribution is 6.27. The molecule has 4 rings (SSSR count). The van der Waals surface area contributed by atoms with E-state index in [4.69, 9.17) is 0 Å². The average Bonchev–Trinajstić information content (AvgIpc) is 3.00. The van der Waals surface area contributed by atoms with Gasteiger partial charge in [-0.3, -0.25) is 9.59 Å². The molecule has 140 valence electrons. The molecule has 0 aromatic heterocycles. The molecule has 4 nitrogen and oxygen atoms in total. The van der Waals surface area contributed by atoms with Crippen molar-refractivity contribution >= 4 is 40.0 Å². The largest absolute Gasteiger partial charge is 0.322 e. The summed E-state index contributed by atoms with van der Waals surface area (Å²) < 4.78 is 0. The lowest BCUT2D eigenvalue weighted by Crippen LogP contribution is -2.27. The molecule has 0 bridgehead atoms. The number of benzene rings is 3. The highest BCUT2D eigenvalue weighted by Crippen LogP contribution is 2.40. The Balaban J connectivity index is 1.64. The average molecular weight is 370 g/mol. The predicted octanol–water partition coefficient (Wildman–Crippen LogP) is 5.25. The first-order valence-corrected chi connectivity index (χ1v) is 9.60. The minimum absolute atomic E-state index is 0.0431. The van der Waals surface area contributed by atoms with Gasteiger partial charge >= 0.3 is 0 Å². The van der Waals surface area contributed by atoms with E-state index < -0.39 is 0 Å². The summed E-state index contributed by atoms with van der Waals surface area (Å²) in [4.78, 5) is 27.1. The molecule has 0 spiro atoms. The molecule has 0 atom stereocenters. The van der Waals surface area contributed by atoms with Crippen LogP contribution in [-0.2, 0) is 4.79 Å². The standard InChI is InChI=1S/C24H22N2O2/c1-2-3-16-26-21-14-13-20(18-10-7-11-19(23(18)21)24(26)28)25-22(27)15-12-17-8-5-4-6-9-17/h4-15H,2-3,16H2,1H3,(H,25,27)/b15-12+. The molecule has 2 amide bonds. The van der Waals surface area contributed by atoms with E-state index in [1.165, 1.54) is 6.08 Å². The van der Waals surface area contributed by atoms with Gasteiger partial charge in [-0.2, -0.15) is 0 Å². The molecule has 0 saturated heterocycles. The van der Waals surface area contributed by atoms with Crippen molar-refractivity contribution in [1.82, 2.24) is 0 Å². The molecule has 1 N–H and O–H groups in total. The number of carbonyl (C=O) groups is 2. The van der Waals surface area contributed by atoms with E-state index >= 15 is 0 Å². The fourth-order valence-electron chi connectivity index (χ4n) is 3.60. The van der Waals surface area contributed by atoms with Gasteiger partial charge in [-0.05, 0) is 36.3 Å². The Morgan fingerprint density at radius 2 is 1.86 bits per heavy atom. The first kappa shape index (κ1) is 18.0. The number of nitrogens with one attached hydrogen (secondary N) is 1. The second-order valence-corrected chi connectivity index (χ2v) is 6.90. The normalized spacial score (nSPS) is 12.9. The number of rotatable bonds is 6. The lowest BCUT2D eigenvalue weighted by molar-refractivity contribution is -0.111. The molecule has 0 aliphatic carbocycles.